The van der Waals surface area contributed by atoms with E-state index >= 15 is 0 Å². The number of hydrogen-bond acceptors (Lipinski definition) is 4. The minimum Gasteiger partial charge on any atom is -0.308 e. The van der Waals surface area contributed by atoms with Crippen LogP contribution in [0.5, 0.6) is 0 Å². The van der Waals surface area contributed by atoms with E-state index in [9.17, 15) is 13.6 Å². The fraction of sp³-hybridized carbons (Fsp3) is 0.444. The Kier molecular flexibility index (Phi) is 5.54. The number of fused-ring (bicyclic) bond motifs is 1. The van der Waals surface area contributed by atoms with Crippen molar-refractivity contribution in [1.82, 2.24) is 14.5 Å². The quantitative estimate of drug-likeness (QED) is 0.583. The SMILES string of the molecule is CN(C)CCn1c2c(c(SCc3ccc(F)c(F)c3)nc1=O)CCC2. The lowest BCUT2D eigenvalue weighted by Crippen LogP contribution is -2.31. The van der Waals surface area contributed by atoms with Crippen LogP contribution in [0.4, 0.5) is 8.78 Å². The van der Waals surface area contributed by atoms with Crippen LogP contribution in [-0.2, 0) is 25.1 Å². The van der Waals surface area contributed by atoms with Gasteiger partial charge in [-0.2, -0.15) is 4.98 Å². The normalized spacial score (nSPS) is 13.5. The average molecular weight is 365 g/mol. The van der Waals surface area contributed by atoms with Gasteiger partial charge in [0.05, 0.1) is 0 Å². The van der Waals surface area contributed by atoms with Gasteiger partial charge in [0.2, 0.25) is 0 Å². The summed E-state index contributed by atoms with van der Waals surface area (Å²) in [5.41, 5.74) is 2.66. The van der Waals surface area contributed by atoms with Crippen molar-refractivity contribution >= 4 is 11.8 Å². The highest BCUT2D eigenvalue weighted by Crippen LogP contribution is 2.31. The highest BCUT2D eigenvalue weighted by atomic mass is 32.2. The Hall–Kier alpha value is -1.73. The molecule has 0 saturated carbocycles. The Morgan fingerprint density at radius 1 is 1.24 bits per heavy atom. The van der Waals surface area contributed by atoms with Gasteiger partial charge in [0.1, 0.15) is 5.03 Å². The highest BCUT2D eigenvalue weighted by molar-refractivity contribution is 7.98. The average Bonchev–Trinajstić information content (AvgIpc) is 3.04. The van der Waals surface area contributed by atoms with E-state index in [0.29, 0.717) is 17.9 Å². The second-order valence-corrected chi connectivity index (χ2v) is 7.43. The van der Waals surface area contributed by atoms with Crippen LogP contribution in [0.1, 0.15) is 23.2 Å². The molecule has 134 valence electrons. The van der Waals surface area contributed by atoms with E-state index in [1.54, 1.807) is 10.6 Å². The Bertz CT molecular complexity index is 836. The minimum absolute atomic E-state index is 0.227. The van der Waals surface area contributed by atoms with Gasteiger partial charge >= 0.3 is 5.69 Å². The van der Waals surface area contributed by atoms with Crippen molar-refractivity contribution in [1.29, 1.82) is 0 Å². The number of aromatic nitrogens is 2. The first kappa shape index (κ1) is 18.1. The van der Waals surface area contributed by atoms with Crippen molar-refractivity contribution in [2.75, 3.05) is 20.6 Å². The zero-order valence-corrected chi connectivity index (χ0v) is 15.2. The number of likely N-dealkylation sites (N-methyl/N-ethyl adjacent to an activating group) is 1. The second kappa shape index (κ2) is 7.66. The van der Waals surface area contributed by atoms with Crippen molar-refractivity contribution in [3.05, 3.63) is 57.1 Å². The lowest BCUT2D eigenvalue weighted by atomic mass is 10.2. The standard InChI is InChI=1S/C18H21F2N3OS/c1-22(2)8-9-23-16-5-3-4-13(16)17(21-18(23)24)25-11-12-6-7-14(19)15(20)10-12/h6-7,10H,3-5,8-9,11H2,1-2H3. The monoisotopic (exact) mass is 365 g/mol. The fourth-order valence-electron chi connectivity index (χ4n) is 3.02. The maximum Gasteiger partial charge on any atom is 0.348 e. The van der Waals surface area contributed by atoms with Crippen LogP contribution in [0.2, 0.25) is 0 Å². The van der Waals surface area contributed by atoms with E-state index in [2.05, 4.69) is 4.98 Å². The van der Waals surface area contributed by atoms with Gasteiger partial charge < -0.3 is 4.90 Å². The number of rotatable bonds is 6. The molecule has 1 aliphatic rings. The first-order chi connectivity index (χ1) is 12.0. The Balaban J connectivity index is 1.82. The van der Waals surface area contributed by atoms with Crippen molar-refractivity contribution in [2.24, 2.45) is 0 Å². The van der Waals surface area contributed by atoms with Gasteiger partial charge in [-0.1, -0.05) is 6.07 Å². The third-order valence-corrected chi connectivity index (χ3v) is 5.42. The maximum absolute atomic E-state index is 13.3. The van der Waals surface area contributed by atoms with Crippen LogP contribution in [0.25, 0.3) is 0 Å². The fourth-order valence-corrected chi connectivity index (χ4v) is 4.04. The molecule has 1 aliphatic carbocycles. The summed E-state index contributed by atoms with van der Waals surface area (Å²) in [6.07, 6.45) is 2.81. The van der Waals surface area contributed by atoms with Crippen molar-refractivity contribution < 1.29 is 8.78 Å². The summed E-state index contributed by atoms with van der Waals surface area (Å²) in [5.74, 6) is -1.25. The molecular formula is C18H21F2N3OS. The van der Waals surface area contributed by atoms with Crippen molar-refractivity contribution in [3.63, 3.8) is 0 Å². The third-order valence-electron chi connectivity index (χ3n) is 4.33. The van der Waals surface area contributed by atoms with Gasteiger partial charge in [0.15, 0.2) is 11.6 Å². The summed E-state index contributed by atoms with van der Waals surface area (Å²) < 4.78 is 28.1. The highest BCUT2D eigenvalue weighted by Gasteiger charge is 2.22. The summed E-state index contributed by atoms with van der Waals surface area (Å²) in [7, 11) is 3.95. The Morgan fingerprint density at radius 2 is 2.04 bits per heavy atom. The summed E-state index contributed by atoms with van der Waals surface area (Å²) >= 11 is 1.42. The van der Waals surface area contributed by atoms with Crippen molar-refractivity contribution in [2.45, 2.75) is 36.6 Å². The first-order valence-corrected chi connectivity index (χ1v) is 9.28. The van der Waals surface area contributed by atoms with E-state index in [1.807, 2.05) is 19.0 Å². The van der Waals surface area contributed by atoms with Crippen LogP contribution >= 0.6 is 11.8 Å². The van der Waals surface area contributed by atoms with Gasteiger partial charge in [0.25, 0.3) is 0 Å². The molecule has 1 aromatic heterocycles. The predicted octanol–water partition coefficient (Wildman–Crippen LogP) is 2.86. The molecule has 0 spiro atoms. The number of halogens is 2. The zero-order chi connectivity index (χ0) is 18.0. The third kappa shape index (κ3) is 4.10. The second-order valence-electron chi connectivity index (χ2n) is 6.47. The molecule has 0 bridgehead atoms. The zero-order valence-electron chi connectivity index (χ0n) is 14.4. The summed E-state index contributed by atoms with van der Waals surface area (Å²) in [4.78, 5) is 18.7. The molecular weight excluding hydrogens is 344 g/mol. The molecule has 0 saturated heterocycles. The Labute approximate surface area is 149 Å². The molecule has 25 heavy (non-hydrogen) atoms. The minimum atomic E-state index is -0.851. The van der Waals surface area contributed by atoms with E-state index in [1.165, 1.54) is 17.8 Å². The largest absolute Gasteiger partial charge is 0.348 e. The molecule has 4 nitrogen and oxygen atoms in total. The molecule has 3 rings (SSSR count). The maximum atomic E-state index is 13.3. The first-order valence-electron chi connectivity index (χ1n) is 8.29. The molecule has 0 aliphatic heterocycles. The van der Waals surface area contributed by atoms with E-state index in [-0.39, 0.29) is 5.69 Å². The van der Waals surface area contributed by atoms with Crippen molar-refractivity contribution in [3.8, 4) is 0 Å². The van der Waals surface area contributed by atoms with Crippen LogP contribution < -0.4 is 5.69 Å². The van der Waals surface area contributed by atoms with E-state index in [4.69, 9.17) is 0 Å². The molecule has 2 aromatic rings. The van der Waals surface area contributed by atoms with Crippen LogP contribution in [0.15, 0.2) is 28.0 Å². The summed E-state index contributed by atoms with van der Waals surface area (Å²) in [5, 5.41) is 0.725. The van der Waals surface area contributed by atoms with Gasteiger partial charge in [-0.25, -0.2) is 13.6 Å². The van der Waals surface area contributed by atoms with Crippen LogP contribution in [-0.4, -0.2) is 35.1 Å². The molecule has 0 fully saturated rings. The van der Waals surface area contributed by atoms with Gasteiger partial charge in [-0.05, 0) is 51.1 Å². The van der Waals surface area contributed by atoms with E-state index in [0.717, 1.165) is 48.2 Å². The van der Waals surface area contributed by atoms with Crippen LogP contribution in [0.3, 0.4) is 0 Å². The molecule has 1 heterocycles. The lowest BCUT2D eigenvalue weighted by Gasteiger charge is -2.16. The van der Waals surface area contributed by atoms with E-state index < -0.39 is 11.6 Å². The summed E-state index contributed by atoms with van der Waals surface area (Å²) in [6, 6.07) is 3.88. The molecule has 0 N–H and O–H groups in total. The molecule has 0 atom stereocenters. The number of hydrogen-bond donors (Lipinski definition) is 0. The van der Waals surface area contributed by atoms with Crippen LogP contribution in [0, 0.1) is 11.6 Å². The molecule has 0 radical (unpaired) electrons. The smallest absolute Gasteiger partial charge is 0.308 e. The molecule has 7 heteroatoms. The molecule has 0 unspecified atom stereocenters. The Morgan fingerprint density at radius 3 is 2.76 bits per heavy atom. The summed E-state index contributed by atoms with van der Waals surface area (Å²) in [6.45, 7) is 1.42. The number of thioether (sulfide) groups is 1. The van der Waals surface area contributed by atoms with Gasteiger partial charge in [0, 0.05) is 30.1 Å². The lowest BCUT2D eigenvalue weighted by molar-refractivity contribution is 0.375. The number of benzene rings is 1. The number of nitrogens with zero attached hydrogens (tertiary/aromatic N) is 3. The van der Waals surface area contributed by atoms with Gasteiger partial charge in [-0.3, -0.25) is 4.57 Å². The molecule has 0 amide bonds. The molecule has 1 aromatic carbocycles. The topological polar surface area (TPSA) is 38.1 Å². The van der Waals surface area contributed by atoms with Gasteiger partial charge in [-0.15, -0.1) is 11.8 Å². The predicted molar refractivity (Wildman–Crippen MR) is 95.0 cm³/mol.